The maximum absolute atomic E-state index is 11.7. The highest BCUT2D eigenvalue weighted by molar-refractivity contribution is 7.18. The standard InChI is InChI=1S/C35H39N7O4S/c1-20(2)31(34(44)45)30-17-27(40-46-30)22-8-12-41(13-9-22)24-18-36-35(37-19-24)42-14-10-23(11-15-42)32-21(3)26-16-28(38-39-33(26)47-32)25-6-4-5-7-29(25)43/h4-7,16-20,22-23,31,43H,8-15H2,1-3H3,(H,44,45). The molecule has 4 aromatic heterocycles. The van der Waals surface area contributed by atoms with Crippen LogP contribution in [0.1, 0.15) is 79.2 Å². The smallest absolute Gasteiger partial charge is 0.314 e. The molecule has 0 spiro atoms. The number of aromatic nitrogens is 5. The average molecular weight is 654 g/mol. The minimum atomic E-state index is -0.882. The average Bonchev–Trinajstić information content (AvgIpc) is 3.69. The number of hydrogen-bond donors (Lipinski definition) is 2. The van der Waals surface area contributed by atoms with E-state index in [2.05, 4.69) is 32.1 Å². The molecular formula is C35H39N7O4S. The molecule has 5 aromatic rings. The fourth-order valence-corrected chi connectivity index (χ4v) is 8.32. The number of thiophene rings is 1. The molecule has 2 fully saturated rings. The molecule has 244 valence electrons. The van der Waals surface area contributed by atoms with Crippen molar-refractivity contribution in [2.24, 2.45) is 5.92 Å². The fraction of sp³-hybridized carbons (Fsp3) is 0.429. The fourth-order valence-electron chi connectivity index (χ4n) is 7.04. The quantitative estimate of drug-likeness (QED) is 0.184. The lowest BCUT2D eigenvalue weighted by molar-refractivity contribution is -0.140. The van der Waals surface area contributed by atoms with Gasteiger partial charge >= 0.3 is 5.97 Å². The number of rotatable bonds is 8. The van der Waals surface area contributed by atoms with Crippen LogP contribution in [-0.4, -0.2) is 67.7 Å². The molecule has 6 heterocycles. The summed E-state index contributed by atoms with van der Waals surface area (Å²) >= 11 is 1.73. The summed E-state index contributed by atoms with van der Waals surface area (Å²) in [5.41, 5.74) is 4.49. The Bertz CT molecular complexity index is 1870. The van der Waals surface area contributed by atoms with Crippen molar-refractivity contribution in [1.82, 2.24) is 25.3 Å². The third kappa shape index (κ3) is 6.14. The summed E-state index contributed by atoms with van der Waals surface area (Å²) in [6, 6.07) is 11.1. The molecule has 2 aliphatic heterocycles. The van der Waals surface area contributed by atoms with Crippen LogP contribution >= 0.6 is 11.3 Å². The molecule has 1 unspecified atom stereocenters. The summed E-state index contributed by atoms with van der Waals surface area (Å²) in [7, 11) is 0. The normalized spacial score (nSPS) is 17.1. The van der Waals surface area contributed by atoms with Crippen molar-refractivity contribution in [3.63, 3.8) is 0 Å². The Balaban J connectivity index is 0.950. The number of para-hydroxylation sites is 1. The van der Waals surface area contributed by atoms with Crippen molar-refractivity contribution < 1.29 is 19.5 Å². The van der Waals surface area contributed by atoms with Gasteiger partial charge in [0.25, 0.3) is 0 Å². The first-order valence-corrected chi connectivity index (χ1v) is 17.1. The predicted molar refractivity (Wildman–Crippen MR) is 181 cm³/mol. The SMILES string of the molecule is Cc1c(C2CCN(c3ncc(N4CCC(c5cc(C(C(=O)O)C(C)C)on5)CC4)cn3)CC2)sc2nnc(-c3ccccc3O)cc12. The summed E-state index contributed by atoms with van der Waals surface area (Å²) in [4.78, 5) is 28.1. The molecule has 2 N–H and O–H groups in total. The highest BCUT2D eigenvalue weighted by atomic mass is 32.1. The highest BCUT2D eigenvalue weighted by Gasteiger charge is 2.31. The summed E-state index contributed by atoms with van der Waals surface area (Å²) in [5.74, 6) is 0.456. The number of aliphatic carboxylic acids is 1. The van der Waals surface area contributed by atoms with Crippen LogP contribution in [0.25, 0.3) is 21.5 Å². The maximum Gasteiger partial charge on any atom is 0.314 e. The van der Waals surface area contributed by atoms with Crippen LogP contribution in [0.15, 0.2) is 53.3 Å². The van der Waals surface area contributed by atoms with Gasteiger partial charge in [-0.15, -0.1) is 21.5 Å². The van der Waals surface area contributed by atoms with E-state index in [1.54, 1.807) is 23.5 Å². The Hall–Kier alpha value is -4.58. The number of carbonyl (C=O) groups is 1. The van der Waals surface area contributed by atoms with Gasteiger partial charge in [0.05, 0.1) is 29.5 Å². The van der Waals surface area contributed by atoms with Gasteiger partial charge in [-0.1, -0.05) is 31.1 Å². The predicted octanol–water partition coefficient (Wildman–Crippen LogP) is 6.74. The molecule has 12 heteroatoms. The minimum absolute atomic E-state index is 0.0719. The van der Waals surface area contributed by atoms with E-state index >= 15 is 0 Å². The summed E-state index contributed by atoms with van der Waals surface area (Å²) in [6.45, 7) is 9.41. The number of nitrogens with zero attached hydrogens (tertiary/aromatic N) is 7. The number of fused-ring (bicyclic) bond motifs is 1. The van der Waals surface area contributed by atoms with Crippen LogP contribution in [-0.2, 0) is 4.79 Å². The number of phenolic OH excluding ortho intramolecular Hbond substituents is 1. The van der Waals surface area contributed by atoms with Crippen molar-refractivity contribution in [3.05, 3.63) is 70.7 Å². The van der Waals surface area contributed by atoms with E-state index in [0.717, 1.165) is 79.4 Å². The highest BCUT2D eigenvalue weighted by Crippen LogP contribution is 2.41. The molecule has 7 rings (SSSR count). The van der Waals surface area contributed by atoms with Crippen molar-refractivity contribution in [2.45, 2.75) is 64.2 Å². The first-order valence-electron chi connectivity index (χ1n) is 16.3. The maximum atomic E-state index is 11.7. The Morgan fingerprint density at radius 1 is 0.957 bits per heavy atom. The number of phenols is 1. The van der Waals surface area contributed by atoms with Gasteiger partial charge in [-0.25, -0.2) is 9.97 Å². The Morgan fingerprint density at radius 2 is 1.64 bits per heavy atom. The lowest BCUT2D eigenvalue weighted by atomic mass is 9.90. The lowest BCUT2D eigenvalue weighted by Crippen LogP contribution is -2.35. The van der Waals surface area contributed by atoms with Gasteiger partial charge in [0.15, 0.2) is 5.76 Å². The molecule has 0 saturated carbocycles. The van der Waals surface area contributed by atoms with Crippen LogP contribution in [0, 0.1) is 12.8 Å². The Kier molecular flexibility index (Phi) is 8.52. The van der Waals surface area contributed by atoms with E-state index in [4.69, 9.17) is 14.5 Å². The largest absolute Gasteiger partial charge is 0.507 e. The number of piperidine rings is 2. The second kappa shape index (κ2) is 12.9. The number of carboxylic acids is 1. The number of aryl methyl sites for hydroxylation is 1. The van der Waals surface area contributed by atoms with Gasteiger partial charge in [0, 0.05) is 54.0 Å². The van der Waals surface area contributed by atoms with Crippen LogP contribution in [0.3, 0.4) is 0 Å². The number of aromatic hydroxyl groups is 1. The van der Waals surface area contributed by atoms with E-state index < -0.39 is 11.9 Å². The van der Waals surface area contributed by atoms with Gasteiger partial charge in [-0.2, -0.15) is 0 Å². The first-order chi connectivity index (χ1) is 22.8. The molecular weight excluding hydrogens is 614 g/mol. The van der Waals surface area contributed by atoms with Crippen molar-refractivity contribution in [2.75, 3.05) is 36.0 Å². The van der Waals surface area contributed by atoms with Gasteiger partial charge in [-0.3, -0.25) is 4.79 Å². The first kappa shape index (κ1) is 31.0. The van der Waals surface area contributed by atoms with Crippen molar-refractivity contribution in [3.8, 4) is 17.0 Å². The lowest BCUT2D eigenvalue weighted by Gasteiger charge is -2.34. The van der Waals surface area contributed by atoms with Gasteiger partial charge in [0.2, 0.25) is 5.95 Å². The van der Waals surface area contributed by atoms with Crippen molar-refractivity contribution in [1.29, 1.82) is 0 Å². The van der Waals surface area contributed by atoms with Crippen LogP contribution in [0.4, 0.5) is 11.6 Å². The van der Waals surface area contributed by atoms with Gasteiger partial charge in [0.1, 0.15) is 16.5 Å². The van der Waals surface area contributed by atoms with Crippen LogP contribution < -0.4 is 9.80 Å². The molecule has 0 aliphatic carbocycles. The zero-order valence-electron chi connectivity index (χ0n) is 26.8. The van der Waals surface area contributed by atoms with Crippen LogP contribution in [0.5, 0.6) is 5.75 Å². The summed E-state index contributed by atoms with van der Waals surface area (Å²) < 4.78 is 5.48. The van der Waals surface area contributed by atoms with E-state index in [0.29, 0.717) is 22.9 Å². The zero-order chi connectivity index (χ0) is 32.7. The topological polar surface area (TPSA) is 142 Å². The third-order valence-corrected chi connectivity index (χ3v) is 11.1. The Labute approximate surface area is 277 Å². The molecule has 11 nitrogen and oxygen atoms in total. The van der Waals surface area contributed by atoms with E-state index in [1.807, 2.05) is 50.5 Å². The molecule has 2 aliphatic rings. The molecule has 0 radical (unpaired) electrons. The molecule has 0 bridgehead atoms. The van der Waals surface area contributed by atoms with Crippen LogP contribution in [0.2, 0.25) is 0 Å². The second-order valence-corrected chi connectivity index (χ2v) is 14.1. The summed E-state index contributed by atoms with van der Waals surface area (Å²) in [6.07, 6.45) is 7.69. The molecule has 1 atom stereocenters. The van der Waals surface area contributed by atoms with E-state index in [-0.39, 0.29) is 17.6 Å². The molecule has 1 aromatic carbocycles. The number of hydrogen-bond acceptors (Lipinski definition) is 11. The second-order valence-electron chi connectivity index (χ2n) is 13.0. The zero-order valence-corrected chi connectivity index (χ0v) is 27.7. The number of carboxylic acid groups (broad SMARTS) is 1. The number of anilines is 2. The van der Waals surface area contributed by atoms with Gasteiger partial charge in [-0.05, 0) is 68.2 Å². The van der Waals surface area contributed by atoms with Crippen molar-refractivity contribution >= 4 is 39.2 Å². The molecule has 47 heavy (non-hydrogen) atoms. The molecule has 0 amide bonds. The third-order valence-electron chi connectivity index (χ3n) is 9.76. The minimum Gasteiger partial charge on any atom is -0.507 e. The Morgan fingerprint density at radius 3 is 2.32 bits per heavy atom. The number of benzene rings is 1. The monoisotopic (exact) mass is 653 g/mol. The summed E-state index contributed by atoms with van der Waals surface area (Å²) in [5, 5.41) is 34.2. The molecule has 2 saturated heterocycles. The van der Waals surface area contributed by atoms with Gasteiger partial charge < -0.3 is 24.5 Å². The van der Waals surface area contributed by atoms with E-state index in [1.165, 1.54) is 10.4 Å². The van der Waals surface area contributed by atoms with E-state index in [9.17, 15) is 15.0 Å².